The molecule has 6 heteroatoms. The topological polar surface area (TPSA) is 49.4 Å². The van der Waals surface area contributed by atoms with Crippen LogP contribution < -0.4 is 5.32 Å². The fourth-order valence-corrected chi connectivity index (χ4v) is 3.01. The number of halogens is 2. The highest BCUT2D eigenvalue weighted by Crippen LogP contribution is 2.24. The normalized spacial score (nSPS) is 11.7. The lowest BCUT2D eigenvalue weighted by Gasteiger charge is -2.29. The average molecular weight is 407 g/mol. The van der Waals surface area contributed by atoms with Crippen LogP contribution in [0.15, 0.2) is 48.5 Å². The van der Waals surface area contributed by atoms with Crippen molar-refractivity contribution in [3.8, 4) is 0 Å². The highest BCUT2D eigenvalue weighted by atomic mass is 35.5. The summed E-state index contributed by atoms with van der Waals surface area (Å²) in [6, 6.07) is 14.1. The second-order valence-corrected chi connectivity index (χ2v) is 7.21. The fraction of sp³-hybridized carbons (Fsp3) is 0.333. The Kier molecular flexibility index (Phi) is 8.14. The van der Waals surface area contributed by atoms with E-state index in [2.05, 4.69) is 5.32 Å². The molecule has 0 aliphatic heterocycles. The summed E-state index contributed by atoms with van der Waals surface area (Å²) in [7, 11) is 0. The van der Waals surface area contributed by atoms with Crippen molar-refractivity contribution in [3.63, 3.8) is 0 Å². The lowest BCUT2D eigenvalue weighted by Crippen LogP contribution is -2.48. The molecule has 1 N–H and O–H groups in total. The van der Waals surface area contributed by atoms with Gasteiger partial charge in [0.2, 0.25) is 11.8 Å². The number of hydrogen-bond donors (Lipinski definition) is 1. The molecule has 144 valence electrons. The van der Waals surface area contributed by atoms with Gasteiger partial charge in [-0.05, 0) is 36.6 Å². The van der Waals surface area contributed by atoms with Crippen LogP contribution in [-0.2, 0) is 22.6 Å². The Hall–Kier alpha value is -2.04. The first-order valence-corrected chi connectivity index (χ1v) is 9.73. The van der Waals surface area contributed by atoms with Crippen molar-refractivity contribution in [2.45, 2.75) is 39.3 Å². The van der Waals surface area contributed by atoms with Crippen LogP contribution in [-0.4, -0.2) is 29.3 Å². The Morgan fingerprint density at radius 1 is 1.04 bits per heavy atom. The Balaban J connectivity index is 2.22. The third-order valence-corrected chi connectivity index (χ3v) is 4.99. The molecule has 0 aromatic heterocycles. The Morgan fingerprint density at radius 2 is 1.74 bits per heavy atom. The summed E-state index contributed by atoms with van der Waals surface area (Å²) < 4.78 is 0. The van der Waals surface area contributed by atoms with Gasteiger partial charge in [0.25, 0.3) is 0 Å². The molecule has 0 fully saturated rings. The van der Waals surface area contributed by atoms with Crippen LogP contribution in [0.5, 0.6) is 0 Å². The summed E-state index contributed by atoms with van der Waals surface area (Å²) in [6.45, 7) is 4.59. The average Bonchev–Trinajstić information content (AvgIpc) is 2.67. The first kappa shape index (κ1) is 21.3. The number of amides is 2. The van der Waals surface area contributed by atoms with Crippen LogP contribution in [0.25, 0.3) is 0 Å². The van der Waals surface area contributed by atoms with Crippen LogP contribution in [0.4, 0.5) is 0 Å². The lowest BCUT2D eigenvalue weighted by atomic mass is 10.1. The SMILES string of the molecule is CCCNC(=O)[C@@H](C)N(Cc1ccc(Cl)c(Cl)c1)C(=O)Cc1ccccc1. The number of nitrogens with zero attached hydrogens (tertiary/aromatic N) is 1. The molecule has 2 aromatic carbocycles. The molecule has 0 saturated heterocycles. The molecule has 1 atom stereocenters. The number of carbonyl (C=O) groups is 2. The zero-order chi connectivity index (χ0) is 19.8. The Bertz CT molecular complexity index is 781. The summed E-state index contributed by atoms with van der Waals surface area (Å²) in [6.07, 6.45) is 1.07. The molecule has 2 amide bonds. The van der Waals surface area contributed by atoms with E-state index in [-0.39, 0.29) is 24.8 Å². The van der Waals surface area contributed by atoms with E-state index in [4.69, 9.17) is 23.2 Å². The Labute approximate surface area is 170 Å². The Morgan fingerprint density at radius 3 is 2.37 bits per heavy atom. The number of carbonyl (C=O) groups excluding carboxylic acids is 2. The highest BCUT2D eigenvalue weighted by molar-refractivity contribution is 6.42. The molecule has 27 heavy (non-hydrogen) atoms. The number of benzene rings is 2. The molecule has 2 aromatic rings. The van der Waals surface area contributed by atoms with Crippen molar-refractivity contribution in [2.24, 2.45) is 0 Å². The standard InChI is InChI=1S/C21H24Cl2N2O2/c1-3-11-24-21(27)15(2)25(14-17-9-10-18(22)19(23)12-17)20(26)13-16-7-5-4-6-8-16/h4-10,12,15H,3,11,13-14H2,1-2H3,(H,24,27)/t15-/m1/s1. The number of rotatable bonds is 8. The molecule has 0 heterocycles. The predicted octanol–water partition coefficient (Wildman–Crippen LogP) is 4.48. The van der Waals surface area contributed by atoms with Crippen molar-refractivity contribution < 1.29 is 9.59 Å². The van der Waals surface area contributed by atoms with Crippen LogP contribution in [0.1, 0.15) is 31.4 Å². The maximum Gasteiger partial charge on any atom is 0.242 e. The second-order valence-electron chi connectivity index (χ2n) is 6.40. The zero-order valence-corrected chi connectivity index (χ0v) is 17.1. The second kappa shape index (κ2) is 10.3. The highest BCUT2D eigenvalue weighted by Gasteiger charge is 2.26. The van der Waals surface area contributed by atoms with Crippen molar-refractivity contribution in [2.75, 3.05) is 6.54 Å². The van der Waals surface area contributed by atoms with Crippen LogP contribution >= 0.6 is 23.2 Å². The van der Waals surface area contributed by atoms with Gasteiger partial charge in [-0.25, -0.2) is 0 Å². The molecule has 0 radical (unpaired) electrons. The summed E-state index contributed by atoms with van der Waals surface area (Å²) in [5, 5.41) is 3.74. The van der Waals surface area contributed by atoms with Gasteiger partial charge >= 0.3 is 0 Å². The van der Waals surface area contributed by atoms with E-state index < -0.39 is 6.04 Å². The van der Waals surface area contributed by atoms with Crippen molar-refractivity contribution in [1.82, 2.24) is 10.2 Å². The minimum Gasteiger partial charge on any atom is -0.354 e. The van der Waals surface area contributed by atoms with Gasteiger partial charge in [-0.3, -0.25) is 9.59 Å². The molecule has 4 nitrogen and oxygen atoms in total. The largest absolute Gasteiger partial charge is 0.354 e. The number of hydrogen-bond acceptors (Lipinski definition) is 2. The molecule has 0 saturated carbocycles. The van der Waals surface area contributed by atoms with Crippen LogP contribution in [0.3, 0.4) is 0 Å². The van der Waals surface area contributed by atoms with Crippen molar-refractivity contribution >= 4 is 35.0 Å². The maximum absolute atomic E-state index is 13.0. The van der Waals surface area contributed by atoms with Gasteiger partial charge in [-0.2, -0.15) is 0 Å². The van der Waals surface area contributed by atoms with Crippen LogP contribution in [0.2, 0.25) is 10.0 Å². The first-order chi connectivity index (χ1) is 12.9. The number of nitrogens with one attached hydrogen (secondary N) is 1. The van der Waals surface area contributed by atoms with Gasteiger partial charge in [0.05, 0.1) is 16.5 Å². The van der Waals surface area contributed by atoms with E-state index >= 15 is 0 Å². The van der Waals surface area contributed by atoms with Gasteiger partial charge < -0.3 is 10.2 Å². The quantitative estimate of drug-likeness (QED) is 0.702. The predicted molar refractivity (Wildman–Crippen MR) is 110 cm³/mol. The third kappa shape index (κ3) is 6.26. The summed E-state index contributed by atoms with van der Waals surface area (Å²) in [4.78, 5) is 27.0. The van der Waals surface area contributed by atoms with E-state index in [1.54, 1.807) is 24.0 Å². The summed E-state index contributed by atoms with van der Waals surface area (Å²) in [5.41, 5.74) is 1.73. The lowest BCUT2D eigenvalue weighted by molar-refractivity contribution is -0.140. The molecule has 0 spiro atoms. The van der Waals surface area contributed by atoms with Gasteiger partial charge in [-0.15, -0.1) is 0 Å². The van der Waals surface area contributed by atoms with E-state index in [1.807, 2.05) is 43.3 Å². The molecular weight excluding hydrogens is 383 g/mol. The molecule has 0 unspecified atom stereocenters. The molecule has 2 rings (SSSR count). The van der Waals surface area contributed by atoms with E-state index in [1.165, 1.54) is 0 Å². The van der Waals surface area contributed by atoms with Crippen molar-refractivity contribution in [1.29, 1.82) is 0 Å². The maximum atomic E-state index is 13.0. The minimum absolute atomic E-state index is 0.119. The molecule has 0 aliphatic rings. The van der Waals surface area contributed by atoms with E-state index in [0.717, 1.165) is 17.5 Å². The van der Waals surface area contributed by atoms with Crippen molar-refractivity contribution in [3.05, 3.63) is 69.7 Å². The van der Waals surface area contributed by atoms with E-state index in [0.29, 0.717) is 16.6 Å². The summed E-state index contributed by atoms with van der Waals surface area (Å²) in [5.74, 6) is -0.287. The van der Waals surface area contributed by atoms with E-state index in [9.17, 15) is 9.59 Å². The third-order valence-electron chi connectivity index (χ3n) is 4.25. The van der Waals surface area contributed by atoms with Gasteiger partial charge in [0, 0.05) is 13.1 Å². The monoisotopic (exact) mass is 406 g/mol. The molecular formula is C21H24Cl2N2O2. The molecule has 0 aliphatic carbocycles. The first-order valence-electron chi connectivity index (χ1n) is 8.97. The van der Waals surface area contributed by atoms with Crippen LogP contribution in [0, 0.1) is 0 Å². The zero-order valence-electron chi connectivity index (χ0n) is 15.5. The van der Waals surface area contributed by atoms with Gasteiger partial charge in [-0.1, -0.05) is 66.5 Å². The minimum atomic E-state index is -0.595. The molecule has 0 bridgehead atoms. The summed E-state index contributed by atoms with van der Waals surface area (Å²) >= 11 is 12.1. The fourth-order valence-electron chi connectivity index (χ4n) is 2.69. The van der Waals surface area contributed by atoms with Gasteiger partial charge in [0.15, 0.2) is 0 Å². The van der Waals surface area contributed by atoms with Gasteiger partial charge in [0.1, 0.15) is 6.04 Å². The smallest absolute Gasteiger partial charge is 0.242 e.